The second kappa shape index (κ2) is 4.47. The average molecular weight is 194 g/mol. The van der Waals surface area contributed by atoms with Gasteiger partial charge in [-0.3, -0.25) is 0 Å². The molecule has 1 aromatic rings. The van der Waals surface area contributed by atoms with Gasteiger partial charge in [0.25, 0.3) is 0 Å². The molecule has 0 aliphatic rings. The van der Waals surface area contributed by atoms with Crippen molar-refractivity contribution < 1.29 is 10.2 Å². The Kier molecular flexibility index (Phi) is 3.53. The molecule has 1 atom stereocenters. The second-order valence-electron chi connectivity index (χ2n) is 4.07. The molecule has 2 N–H and O–H groups in total. The summed E-state index contributed by atoms with van der Waals surface area (Å²) in [5.41, 5.74) is 3.00. The fraction of sp³-hybridized carbons (Fsp3) is 0.500. The monoisotopic (exact) mass is 194 g/mol. The van der Waals surface area contributed by atoms with Crippen LogP contribution in [0.25, 0.3) is 0 Å². The molecule has 0 unspecified atom stereocenters. The molecule has 0 aliphatic carbocycles. The molecule has 0 heterocycles. The van der Waals surface area contributed by atoms with E-state index in [1.165, 1.54) is 5.56 Å². The molecule has 14 heavy (non-hydrogen) atoms. The highest BCUT2D eigenvalue weighted by atomic mass is 16.3. The number of hydrogen-bond donors (Lipinski definition) is 2. The maximum Gasteiger partial charge on any atom is 0.121 e. The number of benzene rings is 1. The number of phenolic OH excluding ortho intramolecular Hbond substituents is 1. The minimum absolute atomic E-state index is 0.207. The predicted molar refractivity (Wildman–Crippen MR) is 57.5 cm³/mol. The maximum absolute atomic E-state index is 9.57. The van der Waals surface area contributed by atoms with Gasteiger partial charge in [-0.05, 0) is 42.9 Å². The minimum atomic E-state index is 0.207. The van der Waals surface area contributed by atoms with Crippen molar-refractivity contribution >= 4 is 0 Å². The molecule has 0 saturated carbocycles. The molecular weight excluding hydrogens is 176 g/mol. The largest absolute Gasteiger partial charge is 0.507 e. The third-order valence-electron chi connectivity index (χ3n) is 2.45. The van der Waals surface area contributed by atoms with Gasteiger partial charge in [-0.1, -0.05) is 19.1 Å². The van der Waals surface area contributed by atoms with Gasteiger partial charge in [0, 0.05) is 6.61 Å². The van der Waals surface area contributed by atoms with E-state index < -0.39 is 0 Å². The van der Waals surface area contributed by atoms with Gasteiger partial charge in [0.2, 0.25) is 0 Å². The number of aryl methyl sites for hydroxylation is 2. The molecule has 78 valence electrons. The fourth-order valence-electron chi connectivity index (χ4n) is 1.63. The van der Waals surface area contributed by atoms with E-state index >= 15 is 0 Å². The van der Waals surface area contributed by atoms with Gasteiger partial charge in [-0.2, -0.15) is 0 Å². The lowest BCUT2D eigenvalue weighted by Crippen LogP contribution is -2.04. The SMILES string of the molecule is Cc1cc(C[C@H](C)CO)cc(C)c1O. The van der Waals surface area contributed by atoms with Gasteiger partial charge in [0.1, 0.15) is 5.75 Å². The molecule has 2 heteroatoms. The van der Waals surface area contributed by atoms with Crippen LogP contribution < -0.4 is 0 Å². The number of aliphatic hydroxyl groups excluding tert-OH is 1. The Morgan fingerprint density at radius 3 is 2.14 bits per heavy atom. The zero-order valence-electron chi connectivity index (χ0n) is 9.04. The molecule has 0 spiro atoms. The van der Waals surface area contributed by atoms with Gasteiger partial charge in [-0.25, -0.2) is 0 Å². The van der Waals surface area contributed by atoms with Crippen molar-refractivity contribution in [1.29, 1.82) is 0 Å². The van der Waals surface area contributed by atoms with Crippen LogP contribution in [-0.2, 0) is 6.42 Å². The van der Waals surface area contributed by atoms with Gasteiger partial charge in [0.05, 0.1) is 0 Å². The van der Waals surface area contributed by atoms with E-state index in [-0.39, 0.29) is 12.5 Å². The highest BCUT2D eigenvalue weighted by Crippen LogP contribution is 2.24. The molecule has 2 nitrogen and oxygen atoms in total. The summed E-state index contributed by atoms with van der Waals surface area (Å²) in [6, 6.07) is 3.96. The van der Waals surface area contributed by atoms with Gasteiger partial charge < -0.3 is 10.2 Å². The summed E-state index contributed by atoms with van der Waals surface area (Å²) < 4.78 is 0. The van der Waals surface area contributed by atoms with E-state index in [0.29, 0.717) is 5.75 Å². The van der Waals surface area contributed by atoms with Crippen molar-refractivity contribution in [2.75, 3.05) is 6.61 Å². The predicted octanol–water partition coefficient (Wildman–Crippen LogP) is 2.18. The van der Waals surface area contributed by atoms with Crippen LogP contribution >= 0.6 is 0 Å². The topological polar surface area (TPSA) is 40.5 Å². The molecule has 0 radical (unpaired) electrons. The van der Waals surface area contributed by atoms with E-state index in [0.717, 1.165) is 17.5 Å². The Bertz CT molecular complexity index is 295. The van der Waals surface area contributed by atoms with Crippen molar-refractivity contribution in [3.63, 3.8) is 0 Å². The Morgan fingerprint density at radius 2 is 1.71 bits per heavy atom. The van der Waals surface area contributed by atoms with Crippen LogP contribution in [0.15, 0.2) is 12.1 Å². The molecule has 0 aliphatic heterocycles. The first-order valence-electron chi connectivity index (χ1n) is 4.94. The highest BCUT2D eigenvalue weighted by Gasteiger charge is 2.06. The lowest BCUT2D eigenvalue weighted by Gasteiger charge is -2.11. The number of hydrogen-bond acceptors (Lipinski definition) is 2. The number of aliphatic hydroxyl groups is 1. The van der Waals surface area contributed by atoms with Gasteiger partial charge >= 0.3 is 0 Å². The lowest BCUT2D eigenvalue weighted by molar-refractivity contribution is 0.237. The summed E-state index contributed by atoms with van der Waals surface area (Å²) in [6.07, 6.45) is 0.860. The van der Waals surface area contributed by atoms with Crippen LogP contribution in [0.1, 0.15) is 23.6 Å². The first-order chi connectivity index (χ1) is 6.54. The zero-order valence-corrected chi connectivity index (χ0v) is 9.04. The van der Waals surface area contributed by atoms with Crippen LogP contribution in [-0.4, -0.2) is 16.8 Å². The van der Waals surface area contributed by atoms with E-state index in [4.69, 9.17) is 5.11 Å². The molecule has 0 amide bonds. The molecule has 0 bridgehead atoms. The average Bonchev–Trinajstić information content (AvgIpc) is 2.14. The van der Waals surface area contributed by atoms with Crippen LogP contribution in [0.3, 0.4) is 0 Å². The van der Waals surface area contributed by atoms with Crippen LogP contribution in [0.2, 0.25) is 0 Å². The van der Waals surface area contributed by atoms with Crippen LogP contribution in [0, 0.1) is 19.8 Å². The second-order valence-corrected chi connectivity index (χ2v) is 4.07. The van der Waals surface area contributed by atoms with E-state index in [2.05, 4.69) is 0 Å². The van der Waals surface area contributed by atoms with Crippen LogP contribution in [0.5, 0.6) is 5.75 Å². The maximum atomic E-state index is 9.57. The quantitative estimate of drug-likeness (QED) is 0.774. The first-order valence-corrected chi connectivity index (χ1v) is 4.94. The lowest BCUT2D eigenvalue weighted by atomic mass is 9.98. The van der Waals surface area contributed by atoms with Crippen molar-refractivity contribution in [2.24, 2.45) is 5.92 Å². The van der Waals surface area contributed by atoms with E-state index in [9.17, 15) is 5.11 Å². The molecule has 1 rings (SSSR count). The van der Waals surface area contributed by atoms with Crippen molar-refractivity contribution in [2.45, 2.75) is 27.2 Å². The van der Waals surface area contributed by atoms with Gasteiger partial charge in [-0.15, -0.1) is 0 Å². The third-order valence-corrected chi connectivity index (χ3v) is 2.45. The van der Waals surface area contributed by atoms with Crippen molar-refractivity contribution in [3.8, 4) is 5.75 Å². The summed E-state index contributed by atoms with van der Waals surface area (Å²) in [6.45, 7) is 6.02. The zero-order chi connectivity index (χ0) is 10.7. The Morgan fingerprint density at radius 1 is 1.21 bits per heavy atom. The Balaban J connectivity index is 2.89. The summed E-state index contributed by atoms with van der Waals surface area (Å²) >= 11 is 0. The van der Waals surface area contributed by atoms with Gasteiger partial charge in [0.15, 0.2) is 0 Å². The Hall–Kier alpha value is -1.02. The van der Waals surface area contributed by atoms with E-state index in [1.807, 2.05) is 32.9 Å². The summed E-state index contributed by atoms with van der Waals surface area (Å²) in [5, 5.41) is 18.5. The van der Waals surface area contributed by atoms with E-state index in [1.54, 1.807) is 0 Å². The highest BCUT2D eigenvalue weighted by molar-refractivity contribution is 5.42. The van der Waals surface area contributed by atoms with Crippen molar-refractivity contribution in [3.05, 3.63) is 28.8 Å². The third kappa shape index (κ3) is 2.48. The smallest absolute Gasteiger partial charge is 0.121 e. The fourth-order valence-corrected chi connectivity index (χ4v) is 1.63. The Labute approximate surface area is 85.2 Å². The summed E-state index contributed by atoms with van der Waals surface area (Å²) in [4.78, 5) is 0. The van der Waals surface area contributed by atoms with Crippen LogP contribution in [0.4, 0.5) is 0 Å². The van der Waals surface area contributed by atoms with Crippen molar-refractivity contribution in [1.82, 2.24) is 0 Å². The summed E-state index contributed by atoms with van der Waals surface area (Å²) in [5.74, 6) is 0.656. The molecule has 0 saturated heterocycles. The molecule has 0 aromatic heterocycles. The minimum Gasteiger partial charge on any atom is -0.507 e. The number of rotatable bonds is 3. The standard InChI is InChI=1S/C12H18O2/c1-8(7-13)4-11-5-9(2)12(14)10(3)6-11/h5-6,8,13-14H,4,7H2,1-3H3/t8-/m0/s1. The normalized spacial score (nSPS) is 12.9. The first kappa shape index (κ1) is 11.1. The molecule has 0 fully saturated rings. The number of phenols is 1. The molecule has 1 aromatic carbocycles. The summed E-state index contributed by atoms with van der Waals surface area (Å²) in [7, 11) is 0. The molecular formula is C12H18O2. The number of aromatic hydroxyl groups is 1.